The van der Waals surface area contributed by atoms with E-state index < -0.39 is 10.2 Å². The smallest absolute Gasteiger partial charge is 0.282 e. The monoisotopic (exact) mass is 287 g/mol. The zero-order valence-corrected chi connectivity index (χ0v) is 12.5. The quantitative estimate of drug-likeness (QED) is 0.826. The number of rotatable bonds is 2. The molecule has 110 valence electrons. The summed E-state index contributed by atoms with van der Waals surface area (Å²) in [5.74, 6) is 0. The average molecular weight is 287 g/mol. The number of hydrogen-bond acceptors (Lipinski definition) is 3. The topological polar surface area (TPSA) is 66.6 Å². The maximum Gasteiger partial charge on any atom is 0.282 e. The summed E-state index contributed by atoms with van der Waals surface area (Å²) < 4.78 is 29.4. The van der Waals surface area contributed by atoms with Crippen LogP contribution in [0.1, 0.15) is 51.9 Å². The van der Waals surface area contributed by atoms with Crippen molar-refractivity contribution in [2.75, 3.05) is 6.54 Å². The molecule has 19 heavy (non-hydrogen) atoms. The van der Waals surface area contributed by atoms with E-state index in [1.807, 2.05) is 6.92 Å². The van der Waals surface area contributed by atoms with E-state index in [2.05, 4.69) is 0 Å². The van der Waals surface area contributed by atoms with Gasteiger partial charge in [-0.15, -0.1) is 0 Å². The van der Waals surface area contributed by atoms with Crippen LogP contribution in [0.25, 0.3) is 0 Å². The van der Waals surface area contributed by atoms with Crippen molar-refractivity contribution in [1.82, 2.24) is 8.61 Å². The van der Waals surface area contributed by atoms with Gasteiger partial charge in [0.05, 0.1) is 0 Å². The Morgan fingerprint density at radius 3 is 2.26 bits per heavy atom. The first-order valence-corrected chi connectivity index (χ1v) is 8.95. The highest BCUT2D eigenvalue weighted by Gasteiger charge is 2.48. The van der Waals surface area contributed by atoms with Gasteiger partial charge in [-0.05, 0) is 45.4 Å². The van der Waals surface area contributed by atoms with Gasteiger partial charge in [0.2, 0.25) is 0 Å². The van der Waals surface area contributed by atoms with Crippen molar-refractivity contribution >= 4 is 10.2 Å². The molecule has 3 aliphatic rings. The van der Waals surface area contributed by atoms with E-state index in [0.29, 0.717) is 6.54 Å². The minimum atomic E-state index is -3.28. The zero-order chi connectivity index (χ0) is 13.6. The SMILES string of the molecule is CC1CCCCN1S(=O)(=O)N1C2CCC1CC(N)C2. The highest BCUT2D eigenvalue weighted by Crippen LogP contribution is 2.39. The molecule has 0 saturated carbocycles. The lowest BCUT2D eigenvalue weighted by Crippen LogP contribution is -2.57. The largest absolute Gasteiger partial charge is 0.328 e. The molecular formula is C13H25N3O2S. The van der Waals surface area contributed by atoms with Gasteiger partial charge >= 0.3 is 0 Å². The Kier molecular flexibility index (Phi) is 3.62. The Morgan fingerprint density at radius 1 is 1.05 bits per heavy atom. The summed E-state index contributed by atoms with van der Waals surface area (Å²) in [5, 5.41) is 0. The molecule has 6 heteroatoms. The van der Waals surface area contributed by atoms with Gasteiger partial charge in [0.25, 0.3) is 10.2 Å². The maximum atomic E-state index is 12.9. The molecule has 3 aliphatic heterocycles. The lowest BCUT2D eigenvalue weighted by Gasteiger charge is -2.42. The van der Waals surface area contributed by atoms with E-state index in [4.69, 9.17) is 5.73 Å². The van der Waals surface area contributed by atoms with E-state index in [1.54, 1.807) is 8.61 Å². The Bertz CT molecular complexity index is 425. The lowest BCUT2D eigenvalue weighted by molar-refractivity contribution is 0.188. The predicted octanol–water partition coefficient (Wildman–Crippen LogP) is 1.06. The van der Waals surface area contributed by atoms with Crippen LogP contribution in [-0.2, 0) is 10.2 Å². The minimum absolute atomic E-state index is 0.146. The summed E-state index contributed by atoms with van der Waals surface area (Å²) in [6.45, 7) is 2.72. The van der Waals surface area contributed by atoms with Crippen molar-refractivity contribution in [2.24, 2.45) is 5.73 Å². The van der Waals surface area contributed by atoms with Crippen LogP contribution in [0.2, 0.25) is 0 Å². The van der Waals surface area contributed by atoms with Crippen molar-refractivity contribution in [3.63, 3.8) is 0 Å². The normalized spacial score (nSPS) is 41.6. The van der Waals surface area contributed by atoms with E-state index in [1.165, 1.54) is 0 Å². The number of hydrogen-bond donors (Lipinski definition) is 1. The summed E-state index contributed by atoms with van der Waals surface area (Å²) in [6.07, 6.45) is 6.76. The Hall–Kier alpha value is -0.170. The first-order chi connectivity index (χ1) is 9.00. The van der Waals surface area contributed by atoms with Gasteiger partial charge in [-0.25, -0.2) is 0 Å². The van der Waals surface area contributed by atoms with E-state index in [-0.39, 0.29) is 24.2 Å². The summed E-state index contributed by atoms with van der Waals surface area (Å²) in [5.41, 5.74) is 6.03. The summed E-state index contributed by atoms with van der Waals surface area (Å²) in [4.78, 5) is 0. The number of fused-ring (bicyclic) bond motifs is 2. The fourth-order valence-corrected chi connectivity index (χ4v) is 6.39. The van der Waals surface area contributed by atoms with Gasteiger partial charge in [-0.3, -0.25) is 0 Å². The van der Waals surface area contributed by atoms with E-state index >= 15 is 0 Å². The van der Waals surface area contributed by atoms with Crippen LogP contribution >= 0.6 is 0 Å². The van der Waals surface area contributed by atoms with Crippen molar-refractivity contribution in [3.8, 4) is 0 Å². The average Bonchev–Trinajstić information content (AvgIpc) is 2.63. The van der Waals surface area contributed by atoms with Crippen LogP contribution in [0.15, 0.2) is 0 Å². The van der Waals surface area contributed by atoms with Crippen LogP contribution in [0, 0.1) is 0 Å². The standard InChI is InChI=1S/C13H25N3O2S/c1-10-4-2-3-7-15(10)19(17,18)16-12-5-6-13(16)9-11(14)8-12/h10-13H,2-9,14H2,1H3. The summed E-state index contributed by atoms with van der Waals surface area (Å²) in [6, 6.07) is 0.622. The molecule has 0 aromatic carbocycles. The second kappa shape index (κ2) is 4.98. The fraction of sp³-hybridized carbons (Fsp3) is 1.00. The Balaban J connectivity index is 1.84. The molecule has 2 N–H and O–H groups in total. The second-order valence-electron chi connectivity index (χ2n) is 6.41. The maximum absolute atomic E-state index is 12.9. The zero-order valence-electron chi connectivity index (χ0n) is 11.7. The molecule has 0 spiro atoms. The van der Waals surface area contributed by atoms with Gasteiger partial charge in [0.15, 0.2) is 0 Å². The van der Waals surface area contributed by atoms with E-state index in [9.17, 15) is 8.42 Å². The molecule has 0 amide bonds. The molecule has 3 atom stereocenters. The van der Waals surface area contributed by atoms with Crippen LogP contribution in [0.3, 0.4) is 0 Å². The third-order valence-electron chi connectivity index (χ3n) is 5.01. The van der Waals surface area contributed by atoms with Crippen LogP contribution < -0.4 is 5.73 Å². The molecule has 3 rings (SSSR count). The lowest BCUT2D eigenvalue weighted by atomic mass is 10.0. The van der Waals surface area contributed by atoms with Crippen molar-refractivity contribution < 1.29 is 8.42 Å². The highest BCUT2D eigenvalue weighted by atomic mass is 32.2. The van der Waals surface area contributed by atoms with Crippen molar-refractivity contribution in [2.45, 2.75) is 76.0 Å². The third kappa shape index (κ3) is 2.33. The van der Waals surface area contributed by atoms with Gasteiger partial charge in [0, 0.05) is 30.7 Å². The van der Waals surface area contributed by atoms with Gasteiger partial charge in [-0.2, -0.15) is 17.0 Å². The van der Waals surface area contributed by atoms with Crippen LogP contribution in [0.4, 0.5) is 0 Å². The van der Waals surface area contributed by atoms with Crippen LogP contribution in [-0.4, -0.2) is 47.7 Å². The predicted molar refractivity (Wildman–Crippen MR) is 74.8 cm³/mol. The highest BCUT2D eigenvalue weighted by molar-refractivity contribution is 7.86. The first-order valence-electron chi connectivity index (χ1n) is 7.56. The molecule has 3 fully saturated rings. The number of nitrogens with two attached hydrogens (primary N) is 1. The van der Waals surface area contributed by atoms with Crippen LogP contribution in [0.5, 0.6) is 0 Å². The van der Waals surface area contributed by atoms with Gasteiger partial charge < -0.3 is 5.73 Å². The molecule has 2 bridgehead atoms. The summed E-state index contributed by atoms with van der Waals surface area (Å²) in [7, 11) is -3.28. The van der Waals surface area contributed by atoms with E-state index in [0.717, 1.165) is 44.9 Å². The molecule has 0 aromatic heterocycles. The molecule has 3 unspecified atom stereocenters. The first kappa shape index (κ1) is 13.8. The Labute approximate surface area is 116 Å². The van der Waals surface area contributed by atoms with Gasteiger partial charge in [0.1, 0.15) is 0 Å². The van der Waals surface area contributed by atoms with Crippen molar-refractivity contribution in [1.29, 1.82) is 0 Å². The summed E-state index contributed by atoms with van der Waals surface area (Å²) >= 11 is 0. The molecular weight excluding hydrogens is 262 g/mol. The second-order valence-corrected chi connectivity index (χ2v) is 8.20. The molecule has 3 saturated heterocycles. The third-order valence-corrected chi connectivity index (χ3v) is 7.27. The Morgan fingerprint density at radius 2 is 1.68 bits per heavy atom. The molecule has 5 nitrogen and oxygen atoms in total. The molecule has 0 aliphatic carbocycles. The fourth-order valence-electron chi connectivity index (χ4n) is 4.09. The van der Waals surface area contributed by atoms with Gasteiger partial charge in [-0.1, -0.05) is 6.42 Å². The minimum Gasteiger partial charge on any atom is -0.328 e. The van der Waals surface area contributed by atoms with Crippen molar-refractivity contribution in [3.05, 3.63) is 0 Å². The number of nitrogens with zero attached hydrogens (tertiary/aromatic N) is 2. The number of piperidine rings is 2. The molecule has 3 heterocycles. The molecule has 0 radical (unpaired) electrons. The molecule has 0 aromatic rings.